The quantitative estimate of drug-likeness (QED) is 0.136. The van der Waals surface area contributed by atoms with E-state index in [0.29, 0.717) is 58.9 Å². The van der Waals surface area contributed by atoms with Crippen LogP contribution in [-0.4, -0.2) is 74.3 Å². The van der Waals surface area contributed by atoms with E-state index in [1.807, 2.05) is 43.6 Å². The Morgan fingerprint density at radius 3 is 2.56 bits per heavy atom. The van der Waals surface area contributed by atoms with Gasteiger partial charge in [-0.15, -0.1) is 0 Å². The first-order valence-corrected chi connectivity index (χ1v) is 21.6. The van der Waals surface area contributed by atoms with Crippen LogP contribution >= 0.6 is 23.2 Å². The first kappa shape index (κ1) is 41.0. The van der Waals surface area contributed by atoms with Gasteiger partial charge in [0.25, 0.3) is 0 Å². The Morgan fingerprint density at radius 2 is 1.85 bits per heavy atom. The van der Waals surface area contributed by atoms with Gasteiger partial charge < -0.3 is 28.6 Å². The van der Waals surface area contributed by atoms with Crippen molar-refractivity contribution in [3.05, 3.63) is 88.1 Å². The molecule has 5 aromatic rings. The number of likely N-dealkylation sites (tertiary alicyclic amines) is 1. The summed E-state index contributed by atoms with van der Waals surface area (Å²) in [7, 11) is 1.55. The second-order valence-corrected chi connectivity index (χ2v) is 18.6. The van der Waals surface area contributed by atoms with Crippen molar-refractivity contribution in [1.29, 1.82) is 5.26 Å². The van der Waals surface area contributed by atoms with Crippen molar-refractivity contribution >= 4 is 62.6 Å². The van der Waals surface area contributed by atoms with Crippen molar-refractivity contribution in [1.82, 2.24) is 24.3 Å². The molecule has 5 fully saturated rings. The van der Waals surface area contributed by atoms with Gasteiger partial charge >= 0.3 is 6.09 Å². The van der Waals surface area contributed by atoms with Gasteiger partial charge in [-0.2, -0.15) is 5.26 Å². The number of nitrogens with zero attached hydrogens (tertiary/aromatic N) is 6. The van der Waals surface area contributed by atoms with Crippen molar-refractivity contribution < 1.29 is 28.2 Å². The first-order valence-electron chi connectivity index (χ1n) is 20.8. The predicted molar refractivity (Wildman–Crippen MR) is 232 cm³/mol. The highest BCUT2D eigenvalue weighted by Crippen LogP contribution is 2.55. The summed E-state index contributed by atoms with van der Waals surface area (Å²) in [6, 6.07) is 14.0. The van der Waals surface area contributed by atoms with E-state index in [1.165, 1.54) is 0 Å². The lowest BCUT2D eigenvalue weighted by Crippen LogP contribution is -2.45. The van der Waals surface area contributed by atoms with Crippen LogP contribution in [0.4, 0.5) is 9.18 Å². The van der Waals surface area contributed by atoms with Crippen LogP contribution in [0.25, 0.3) is 38.5 Å². The number of nitriles is 1. The third-order valence-electron chi connectivity index (χ3n) is 12.5. The fourth-order valence-corrected chi connectivity index (χ4v) is 10.1. The van der Waals surface area contributed by atoms with E-state index in [2.05, 4.69) is 28.3 Å². The average molecular weight is 866 g/mol. The summed E-state index contributed by atoms with van der Waals surface area (Å²) in [6.07, 6.45) is 4.15. The summed E-state index contributed by atoms with van der Waals surface area (Å²) < 4.78 is 37.8. The number of allylic oxidation sites excluding steroid dienone is 1. The van der Waals surface area contributed by atoms with Gasteiger partial charge in [0.15, 0.2) is 5.82 Å². The highest BCUT2D eigenvalue weighted by atomic mass is 35.5. The van der Waals surface area contributed by atoms with Crippen LogP contribution in [0.15, 0.2) is 55.2 Å². The molecule has 2 bridgehead atoms. The number of benzene rings is 2. The average Bonchev–Trinajstić information content (AvgIpc) is 3.49. The van der Waals surface area contributed by atoms with E-state index in [4.69, 9.17) is 42.4 Å². The summed E-state index contributed by atoms with van der Waals surface area (Å²) >= 11 is 13.3. The number of halogens is 3. The summed E-state index contributed by atoms with van der Waals surface area (Å²) in [5.41, 5.74) is 3.36. The molecule has 11 nitrogen and oxygen atoms in total. The van der Waals surface area contributed by atoms with E-state index in [-0.39, 0.29) is 76.0 Å². The molecule has 3 aliphatic heterocycles. The number of rotatable bonds is 10. The molecule has 2 aromatic carbocycles. The summed E-state index contributed by atoms with van der Waals surface area (Å²) in [5, 5.41) is 11.5. The molecule has 3 saturated heterocycles. The molecule has 10 rings (SSSR count). The Bertz CT molecular complexity index is 2680. The lowest BCUT2D eigenvalue weighted by atomic mass is 9.79. The van der Waals surface area contributed by atoms with Gasteiger partial charge in [0, 0.05) is 71.1 Å². The maximum Gasteiger partial charge on any atom is 0.410 e. The van der Waals surface area contributed by atoms with Gasteiger partial charge in [-0.3, -0.25) is 4.79 Å². The first-order chi connectivity index (χ1) is 29.2. The maximum atomic E-state index is 17.7. The van der Waals surface area contributed by atoms with Gasteiger partial charge in [-0.05, 0) is 88.8 Å². The molecule has 0 radical (unpaired) electrons. The van der Waals surface area contributed by atoms with Gasteiger partial charge in [0.05, 0.1) is 59.1 Å². The molecular weight excluding hydrogens is 818 g/mol. The molecule has 5 atom stereocenters. The minimum Gasteiger partial charge on any atom is -0.488 e. The number of carbonyl (C=O) groups is 2. The van der Waals surface area contributed by atoms with Crippen LogP contribution in [0.5, 0.6) is 11.6 Å². The summed E-state index contributed by atoms with van der Waals surface area (Å²) in [6.45, 7) is 12.6. The molecule has 6 heterocycles. The molecule has 2 aliphatic carbocycles. The fourth-order valence-electron chi connectivity index (χ4n) is 9.68. The van der Waals surface area contributed by atoms with Gasteiger partial charge in [-0.1, -0.05) is 41.9 Å². The molecule has 2 saturated carbocycles. The number of pyridine rings is 2. The zero-order chi connectivity index (χ0) is 43.1. The summed E-state index contributed by atoms with van der Waals surface area (Å²) in [5.74, 6) is 0.474. The number of ether oxygens (including phenoxy) is 3. The maximum absolute atomic E-state index is 17.7. The number of aryl methyl sites for hydroxylation is 1. The van der Waals surface area contributed by atoms with Gasteiger partial charge in [-0.25, -0.2) is 19.2 Å². The number of aromatic nitrogens is 3. The van der Waals surface area contributed by atoms with E-state index in [1.54, 1.807) is 43.6 Å². The van der Waals surface area contributed by atoms with Crippen molar-refractivity contribution in [3.63, 3.8) is 0 Å². The molecule has 2 amide bonds. The van der Waals surface area contributed by atoms with Crippen molar-refractivity contribution in [2.75, 3.05) is 20.2 Å². The number of amides is 2. The molecule has 0 unspecified atom stereocenters. The zero-order valence-electron chi connectivity index (χ0n) is 34.8. The largest absolute Gasteiger partial charge is 0.488 e. The normalized spacial score (nSPS) is 22.0. The number of fused-ring (bicyclic) bond motifs is 4. The highest BCUT2D eigenvalue weighted by molar-refractivity contribution is 6.43. The standard InChI is InChI=1S/C47H47Cl2FN6O5/c1-24(2)41-32-21-35(34-19-29(23-54(34)45(57)25-12-13-25)60-28-14-16-52-37(20-28)59-6)56(43-27-18-36(43)55(22-27)46(58)61-47(3,4)5)44(32)31-17-26(9-8-15-51)38(40(50)42(31)53-41)30-10-7-11-33(48)39(30)49/h7,10-11,14,16-17,20-21,25,27,29,34,36,43H,1,8-9,12-13,18-19,22-23H2,2-6H3/t27-,29+,34-,36-,43+/m1/s1. The third-order valence-corrected chi connectivity index (χ3v) is 13.3. The molecule has 3 aromatic heterocycles. The third kappa shape index (κ3) is 7.23. The van der Waals surface area contributed by atoms with Crippen LogP contribution in [0.2, 0.25) is 10.0 Å². The monoisotopic (exact) mass is 864 g/mol. The van der Waals surface area contributed by atoms with Gasteiger partial charge in [0.1, 0.15) is 23.0 Å². The minimum absolute atomic E-state index is 0.0566. The minimum atomic E-state index is -0.689. The van der Waals surface area contributed by atoms with E-state index in [0.717, 1.165) is 35.9 Å². The number of methoxy groups -OCH3 is 1. The Labute approximate surface area is 364 Å². The van der Waals surface area contributed by atoms with Crippen LogP contribution in [0.1, 0.15) is 88.8 Å². The second-order valence-electron chi connectivity index (χ2n) is 17.8. The van der Waals surface area contributed by atoms with Crippen LogP contribution in [0, 0.1) is 29.0 Å². The zero-order valence-corrected chi connectivity index (χ0v) is 36.3. The van der Waals surface area contributed by atoms with E-state index >= 15 is 4.39 Å². The van der Waals surface area contributed by atoms with Crippen molar-refractivity contribution in [2.45, 2.75) is 96.1 Å². The number of carbonyl (C=O) groups excluding carboxylic acids is 2. The molecule has 0 N–H and O–H groups in total. The number of hydrogen-bond donors (Lipinski definition) is 0. The van der Waals surface area contributed by atoms with E-state index in [9.17, 15) is 14.9 Å². The molecule has 316 valence electrons. The lowest BCUT2D eigenvalue weighted by Gasteiger charge is -2.40. The lowest BCUT2D eigenvalue weighted by molar-refractivity contribution is -0.133. The van der Waals surface area contributed by atoms with Crippen LogP contribution in [-0.2, 0) is 16.0 Å². The predicted octanol–water partition coefficient (Wildman–Crippen LogP) is 10.5. The smallest absolute Gasteiger partial charge is 0.410 e. The molecule has 0 spiro atoms. The summed E-state index contributed by atoms with van der Waals surface area (Å²) in [4.78, 5) is 41.1. The molecule has 61 heavy (non-hydrogen) atoms. The Balaban J connectivity index is 1.29. The number of hydrogen-bond acceptors (Lipinski definition) is 8. The molecule has 5 aliphatic rings. The SMILES string of the molecule is C=C(C)c1nc2c(F)c(-c3cccc(Cl)c3Cl)c(CCC#N)cc2c2c1cc([C@H]1C[C@H](Oc3ccnc(OC)c3)CN1C(=O)C1CC1)n2[C@H]1[C@@H]2C[C@H]1N(C(=O)OC(C)(C)C)C2. The van der Waals surface area contributed by atoms with E-state index < -0.39 is 17.5 Å². The highest BCUT2D eigenvalue weighted by Gasteiger charge is 2.57. The molecule has 14 heteroatoms. The van der Waals surface area contributed by atoms with Gasteiger partial charge in [0.2, 0.25) is 11.8 Å². The Morgan fingerprint density at radius 1 is 1.07 bits per heavy atom. The molecular formula is C47H47Cl2FN6O5. The fraction of sp³-hybridized carbons (Fsp3) is 0.426. The Kier molecular flexibility index (Phi) is 10.4. The Hall–Kier alpha value is -5.38. The van der Waals surface area contributed by atoms with Crippen molar-refractivity contribution in [2.24, 2.45) is 11.8 Å². The van der Waals surface area contributed by atoms with Crippen molar-refractivity contribution in [3.8, 4) is 28.8 Å². The topological polar surface area (TPSA) is 123 Å². The van der Waals surface area contributed by atoms with Crippen LogP contribution in [0.3, 0.4) is 0 Å². The second kappa shape index (κ2) is 15.5. The van der Waals surface area contributed by atoms with Crippen LogP contribution < -0.4 is 9.47 Å².